The number of nitrogens with zero attached hydrogens (tertiary/aromatic N) is 3. The number of aryl methyl sites for hydroxylation is 2. The summed E-state index contributed by atoms with van der Waals surface area (Å²) >= 11 is 1.37. The van der Waals surface area contributed by atoms with E-state index in [2.05, 4.69) is 15.4 Å². The highest BCUT2D eigenvalue weighted by Gasteiger charge is 2.18. The molecule has 1 amide bonds. The highest BCUT2D eigenvalue weighted by molar-refractivity contribution is 7.14. The lowest BCUT2D eigenvalue weighted by atomic mass is 10.1. The van der Waals surface area contributed by atoms with Gasteiger partial charge in [0.05, 0.1) is 29.7 Å². The van der Waals surface area contributed by atoms with Gasteiger partial charge in [-0.15, -0.1) is 11.3 Å². The molecular formula is C16H16N4O2S. The van der Waals surface area contributed by atoms with Crippen LogP contribution in [0.3, 0.4) is 0 Å². The predicted molar refractivity (Wildman–Crippen MR) is 90.0 cm³/mol. The minimum atomic E-state index is -0.186. The number of ether oxygens (including phenoxy) is 1. The monoisotopic (exact) mass is 328 g/mol. The molecule has 23 heavy (non-hydrogen) atoms. The summed E-state index contributed by atoms with van der Waals surface area (Å²) in [5.41, 5.74) is 2.22. The Kier molecular flexibility index (Phi) is 4.12. The van der Waals surface area contributed by atoms with Gasteiger partial charge in [-0.25, -0.2) is 4.98 Å². The summed E-state index contributed by atoms with van der Waals surface area (Å²) in [6.45, 7) is 1.89. The third kappa shape index (κ3) is 3.24. The molecule has 0 saturated carbocycles. The molecule has 2 aromatic heterocycles. The van der Waals surface area contributed by atoms with Crippen LogP contribution in [0.25, 0.3) is 11.3 Å². The molecule has 3 aromatic rings. The molecule has 0 bridgehead atoms. The fourth-order valence-electron chi connectivity index (χ4n) is 2.20. The van der Waals surface area contributed by atoms with Gasteiger partial charge in [-0.1, -0.05) is 0 Å². The minimum Gasteiger partial charge on any atom is -0.497 e. The Hall–Kier alpha value is -2.67. The Morgan fingerprint density at radius 2 is 2.04 bits per heavy atom. The molecule has 0 aliphatic carbocycles. The van der Waals surface area contributed by atoms with Crippen molar-refractivity contribution in [3.05, 3.63) is 46.5 Å². The lowest BCUT2D eigenvalue weighted by molar-refractivity contribution is 0.103. The molecule has 0 unspecified atom stereocenters. The minimum absolute atomic E-state index is 0.186. The highest BCUT2D eigenvalue weighted by atomic mass is 32.1. The predicted octanol–water partition coefficient (Wildman–Crippen LogP) is 3.11. The van der Waals surface area contributed by atoms with Crippen LogP contribution in [0.15, 0.2) is 36.7 Å². The Labute approximate surface area is 137 Å². The van der Waals surface area contributed by atoms with Crippen LogP contribution in [-0.4, -0.2) is 27.8 Å². The number of methoxy groups -OCH3 is 1. The Morgan fingerprint density at radius 1 is 1.30 bits per heavy atom. The fourth-order valence-corrected chi connectivity index (χ4v) is 3.04. The van der Waals surface area contributed by atoms with Crippen LogP contribution in [-0.2, 0) is 7.05 Å². The van der Waals surface area contributed by atoms with E-state index >= 15 is 0 Å². The van der Waals surface area contributed by atoms with Crippen LogP contribution in [0.1, 0.15) is 14.7 Å². The van der Waals surface area contributed by atoms with Crippen LogP contribution < -0.4 is 10.1 Å². The Balaban J connectivity index is 1.91. The molecule has 0 spiro atoms. The van der Waals surface area contributed by atoms with Crippen molar-refractivity contribution in [2.45, 2.75) is 6.92 Å². The number of thiazole rings is 1. The van der Waals surface area contributed by atoms with Gasteiger partial charge in [0.25, 0.3) is 5.91 Å². The first-order valence-electron chi connectivity index (χ1n) is 6.98. The lowest BCUT2D eigenvalue weighted by Crippen LogP contribution is -2.11. The topological polar surface area (TPSA) is 69.0 Å². The molecule has 0 aliphatic heterocycles. The van der Waals surface area contributed by atoms with Gasteiger partial charge < -0.3 is 10.1 Å². The number of amides is 1. The number of hydrogen-bond acceptors (Lipinski definition) is 5. The fraction of sp³-hybridized carbons (Fsp3) is 0.188. The maximum atomic E-state index is 12.6. The second kappa shape index (κ2) is 6.21. The Bertz CT molecular complexity index is 836. The summed E-state index contributed by atoms with van der Waals surface area (Å²) in [7, 11) is 3.42. The smallest absolute Gasteiger partial charge is 0.268 e. The van der Waals surface area contributed by atoms with Crippen LogP contribution in [0.2, 0.25) is 0 Å². The summed E-state index contributed by atoms with van der Waals surface area (Å²) < 4.78 is 6.80. The van der Waals surface area contributed by atoms with E-state index in [1.807, 2.05) is 31.2 Å². The van der Waals surface area contributed by atoms with Crippen molar-refractivity contribution in [1.29, 1.82) is 0 Å². The molecule has 3 rings (SSSR count). The zero-order chi connectivity index (χ0) is 16.4. The molecule has 6 nitrogen and oxygen atoms in total. The summed E-state index contributed by atoms with van der Waals surface area (Å²) in [4.78, 5) is 17.6. The molecule has 118 valence electrons. The molecule has 1 aromatic carbocycles. The molecule has 1 N–H and O–H groups in total. The number of carbonyl (C=O) groups excluding carboxylic acids is 1. The van der Waals surface area contributed by atoms with E-state index in [4.69, 9.17) is 4.74 Å². The molecule has 2 heterocycles. The van der Waals surface area contributed by atoms with Crippen molar-refractivity contribution in [3.63, 3.8) is 0 Å². The van der Waals surface area contributed by atoms with Crippen LogP contribution in [0.4, 0.5) is 5.69 Å². The van der Waals surface area contributed by atoms with Gasteiger partial charge in [0.1, 0.15) is 10.6 Å². The van der Waals surface area contributed by atoms with E-state index in [1.54, 1.807) is 31.2 Å². The summed E-state index contributed by atoms with van der Waals surface area (Å²) in [5, 5.41) is 7.73. The molecule has 0 saturated heterocycles. The van der Waals surface area contributed by atoms with Gasteiger partial charge in [0, 0.05) is 18.8 Å². The SMILES string of the molecule is COc1ccc(-c2nc(C)sc2C(=O)Nc2cnn(C)c2)cc1. The number of carbonyl (C=O) groups is 1. The van der Waals surface area contributed by atoms with Crippen molar-refractivity contribution in [1.82, 2.24) is 14.8 Å². The molecule has 0 radical (unpaired) electrons. The lowest BCUT2D eigenvalue weighted by Gasteiger charge is -2.04. The maximum Gasteiger partial charge on any atom is 0.268 e. The van der Waals surface area contributed by atoms with Gasteiger partial charge in [-0.3, -0.25) is 9.48 Å². The average molecular weight is 328 g/mol. The largest absolute Gasteiger partial charge is 0.497 e. The van der Waals surface area contributed by atoms with Crippen LogP contribution in [0.5, 0.6) is 5.75 Å². The van der Waals surface area contributed by atoms with Crippen molar-refractivity contribution in [3.8, 4) is 17.0 Å². The average Bonchev–Trinajstić information content (AvgIpc) is 3.13. The third-order valence-electron chi connectivity index (χ3n) is 3.27. The van der Waals surface area contributed by atoms with Gasteiger partial charge >= 0.3 is 0 Å². The standard InChI is InChI=1S/C16H16N4O2S/c1-10-18-14(11-4-6-13(22-3)7-5-11)15(23-10)16(21)19-12-8-17-20(2)9-12/h4-9H,1-3H3,(H,19,21). The number of nitrogens with one attached hydrogen (secondary N) is 1. The third-order valence-corrected chi connectivity index (χ3v) is 4.24. The number of hydrogen-bond donors (Lipinski definition) is 1. The first-order valence-corrected chi connectivity index (χ1v) is 7.80. The first-order chi connectivity index (χ1) is 11.1. The number of rotatable bonds is 4. The molecular weight excluding hydrogens is 312 g/mol. The van der Waals surface area contributed by atoms with E-state index in [0.717, 1.165) is 16.3 Å². The Morgan fingerprint density at radius 3 is 2.65 bits per heavy atom. The second-order valence-corrected chi connectivity index (χ2v) is 6.20. The van der Waals surface area contributed by atoms with Gasteiger partial charge in [0.2, 0.25) is 0 Å². The van der Waals surface area contributed by atoms with E-state index in [1.165, 1.54) is 11.3 Å². The van der Waals surface area contributed by atoms with E-state index in [0.29, 0.717) is 16.3 Å². The molecule has 0 aliphatic rings. The second-order valence-electron chi connectivity index (χ2n) is 5.00. The number of anilines is 1. The molecule has 7 heteroatoms. The summed E-state index contributed by atoms with van der Waals surface area (Å²) in [6.07, 6.45) is 3.36. The van der Waals surface area contributed by atoms with Gasteiger partial charge in [0.15, 0.2) is 0 Å². The molecule has 0 fully saturated rings. The van der Waals surface area contributed by atoms with Crippen LogP contribution >= 0.6 is 11.3 Å². The highest BCUT2D eigenvalue weighted by Crippen LogP contribution is 2.30. The van der Waals surface area contributed by atoms with Crippen molar-refractivity contribution < 1.29 is 9.53 Å². The number of aromatic nitrogens is 3. The maximum absolute atomic E-state index is 12.6. The van der Waals surface area contributed by atoms with E-state index in [9.17, 15) is 4.79 Å². The van der Waals surface area contributed by atoms with E-state index in [-0.39, 0.29) is 5.91 Å². The van der Waals surface area contributed by atoms with Crippen molar-refractivity contribution in [2.24, 2.45) is 7.05 Å². The van der Waals surface area contributed by atoms with Crippen molar-refractivity contribution >= 4 is 22.9 Å². The normalized spacial score (nSPS) is 10.6. The quantitative estimate of drug-likeness (QED) is 0.799. The summed E-state index contributed by atoms with van der Waals surface area (Å²) in [5.74, 6) is 0.580. The summed E-state index contributed by atoms with van der Waals surface area (Å²) in [6, 6.07) is 7.50. The van der Waals surface area contributed by atoms with Crippen molar-refractivity contribution in [2.75, 3.05) is 12.4 Å². The zero-order valence-electron chi connectivity index (χ0n) is 13.0. The van der Waals surface area contributed by atoms with Gasteiger partial charge in [-0.2, -0.15) is 5.10 Å². The number of benzene rings is 1. The molecule has 0 atom stereocenters. The van der Waals surface area contributed by atoms with E-state index < -0.39 is 0 Å². The zero-order valence-corrected chi connectivity index (χ0v) is 13.8. The first kappa shape index (κ1) is 15.2. The van der Waals surface area contributed by atoms with Crippen LogP contribution in [0, 0.1) is 6.92 Å². The van der Waals surface area contributed by atoms with Gasteiger partial charge in [-0.05, 0) is 31.2 Å².